The van der Waals surface area contributed by atoms with Crippen LogP contribution in [-0.2, 0) is 4.79 Å². The molecule has 6 nitrogen and oxygen atoms in total. The second-order valence-corrected chi connectivity index (χ2v) is 9.25. The molecule has 0 aliphatic carbocycles. The molecule has 1 aliphatic rings. The first-order valence-electron chi connectivity index (χ1n) is 11.1. The lowest BCUT2D eigenvalue weighted by Crippen LogP contribution is -2.48. The molecule has 8 heteroatoms. The van der Waals surface area contributed by atoms with Crippen molar-refractivity contribution in [3.8, 4) is 17.1 Å². The van der Waals surface area contributed by atoms with Crippen LogP contribution in [0.2, 0.25) is 5.02 Å². The zero-order chi connectivity index (χ0) is 22.3. The number of carbonyl (C=O) groups excluding carboxylic acids is 1. The molecule has 2 heterocycles. The lowest BCUT2D eigenvalue weighted by atomic mass is 10.2. The fourth-order valence-electron chi connectivity index (χ4n) is 3.82. The van der Waals surface area contributed by atoms with E-state index in [9.17, 15) is 4.79 Å². The average molecular weight is 470 g/mol. The average Bonchev–Trinajstić information content (AvgIpc) is 3.26. The van der Waals surface area contributed by atoms with E-state index in [0.29, 0.717) is 11.4 Å². The summed E-state index contributed by atoms with van der Waals surface area (Å²) in [4.78, 5) is 16.9. The number of piperazine rings is 1. The first-order chi connectivity index (χ1) is 15.7. The van der Waals surface area contributed by atoms with E-state index in [4.69, 9.17) is 11.6 Å². The predicted molar refractivity (Wildman–Crippen MR) is 130 cm³/mol. The number of thioether (sulfide) groups is 1. The second-order valence-electron chi connectivity index (χ2n) is 7.75. The van der Waals surface area contributed by atoms with Crippen LogP contribution in [0.5, 0.6) is 0 Å². The van der Waals surface area contributed by atoms with Crippen LogP contribution in [0.3, 0.4) is 0 Å². The van der Waals surface area contributed by atoms with Gasteiger partial charge in [0.05, 0.1) is 0 Å². The van der Waals surface area contributed by atoms with E-state index in [1.165, 1.54) is 0 Å². The SMILES string of the molecule is CCN1CCN(C(=O)CCCSc2nnc(-c3ccc(Cl)cc3)n2-c2ccccc2)CC1. The van der Waals surface area contributed by atoms with Gasteiger partial charge in [0, 0.05) is 54.6 Å². The lowest BCUT2D eigenvalue weighted by Gasteiger charge is -2.34. The summed E-state index contributed by atoms with van der Waals surface area (Å²) in [6, 6.07) is 17.7. The highest BCUT2D eigenvalue weighted by Gasteiger charge is 2.20. The molecular formula is C24H28ClN5OS. The van der Waals surface area contributed by atoms with Crippen LogP contribution < -0.4 is 0 Å². The molecule has 2 aromatic carbocycles. The highest BCUT2D eigenvalue weighted by molar-refractivity contribution is 7.99. The summed E-state index contributed by atoms with van der Waals surface area (Å²) in [5, 5.41) is 10.4. The number of rotatable bonds is 8. The van der Waals surface area contributed by atoms with Crippen LogP contribution >= 0.6 is 23.4 Å². The highest BCUT2D eigenvalue weighted by Crippen LogP contribution is 2.29. The van der Waals surface area contributed by atoms with Crippen molar-refractivity contribution < 1.29 is 4.79 Å². The smallest absolute Gasteiger partial charge is 0.222 e. The fraction of sp³-hybridized carbons (Fsp3) is 0.375. The second kappa shape index (κ2) is 11.0. The molecule has 0 N–H and O–H groups in total. The van der Waals surface area contributed by atoms with Crippen LogP contribution in [0.15, 0.2) is 59.8 Å². The minimum atomic E-state index is 0.257. The van der Waals surface area contributed by atoms with Gasteiger partial charge in [0.25, 0.3) is 0 Å². The molecule has 0 saturated carbocycles. The monoisotopic (exact) mass is 469 g/mol. The van der Waals surface area contributed by atoms with E-state index < -0.39 is 0 Å². The van der Waals surface area contributed by atoms with Gasteiger partial charge in [-0.05, 0) is 49.4 Å². The Morgan fingerprint density at radius 2 is 1.72 bits per heavy atom. The van der Waals surface area contributed by atoms with Gasteiger partial charge in [-0.2, -0.15) is 0 Å². The quantitative estimate of drug-likeness (QED) is 0.356. The van der Waals surface area contributed by atoms with Crippen molar-refractivity contribution in [1.29, 1.82) is 0 Å². The lowest BCUT2D eigenvalue weighted by molar-refractivity contribution is -0.132. The Morgan fingerprint density at radius 3 is 2.41 bits per heavy atom. The van der Waals surface area contributed by atoms with E-state index in [0.717, 1.165) is 67.1 Å². The maximum Gasteiger partial charge on any atom is 0.222 e. The molecule has 0 radical (unpaired) electrons. The summed E-state index contributed by atoms with van der Waals surface area (Å²) in [6.07, 6.45) is 1.39. The summed E-state index contributed by atoms with van der Waals surface area (Å²) in [6.45, 7) is 6.86. The summed E-state index contributed by atoms with van der Waals surface area (Å²) >= 11 is 7.70. The minimum Gasteiger partial charge on any atom is -0.340 e. The van der Waals surface area contributed by atoms with Crippen molar-refractivity contribution >= 4 is 29.3 Å². The number of nitrogens with zero attached hydrogens (tertiary/aromatic N) is 5. The molecule has 0 bridgehead atoms. The topological polar surface area (TPSA) is 54.3 Å². The summed E-state index contributed by atoms with van der Waals surface area (Å²) in [5.74, 6) is 1.85. The van der Waals surface area contributed by atoms with E-state index >= 15 is 0 Å². The Hall–Kier alpha value is -2.35. The molecule has 1 aromatic heterocycles. The molecule has 1 fully saturated rings. The van der Waals surface area contributed by atoms with Gasteiger partial charge < -0.3 is 9.80 Å². The molecule has 1 aliphatic heterocycles. The van der Waals surface area contributed by atoms with Gasteiger partial charge in [0.1, 0.15) is 0 Å². The van der Waals surface area contributed by atoms with Gasteiger partial charge in [-0.3, -0.25) is 9.36 Å². The predicted octanol–water partition coefficient (Wildman–Crippen LogP) is 4.62. The normalized spacial score (nSPS) is 14.6. The van der Waals surface area contributed by atoms with Crippen LogP contribution in [0, 0.1) is 0 Å². The molecule has 0 spiro atoms. The minimum absolute atomic E-state index is 0.257. The molecule has 0 unspecified atom stereocenters. The molecule has 32 heavy (non-hydrogen) atoms. The molecule has 3 aromatic rings. The van der Waals surface area contributed by atoms with Crippen molar-refractivity contribution in [3.05, 3.63) is 59.6 Å². The number of hydrogen-bond acceptors (Lipinski definition) is 5. The molecule has 4 rings (SSSR count). The first-order valence-corrected chi connectivity index (χ1v) is 12.4. The summed E-state index contributed by atoms with van der Waals surface area (Å²) < 4.78 is 2.07. The fourth-order valence-corrected chi connectivity index (χ4v) is 4.83. The highest BCUT2D eigenvalue weighted by atomic mass is 35.5. The van der Waals surface area contributed by atoms with Crippen LogP contribution in [0.4, 0.5) is 0 Å². The summed E-state index contributed by atoms with van der Waals surface area (Å²) in [7, 11) is 0. The first kappa shape index (κ1) is 22.8. The molecular weight excluding hydrogens is 442 g/mol. The zero-order valence-corrected chi connectivity index (χ0v) is 19.9. The Balaban J connectivity index is 1.40. The molecule has 1 amide bonds. The number of likely N-dealkylation sites (N-methyl/N-ethyl adjacent to an activating group) is 1. The molecule has 1 saturated heterocycles. The number of halogens is 1. The van der Waals surface area contributed by atoms with Crippen molar-refractivity contribution in [2.75, 3.05) is 38.5 Å². The van der Waals surface area contributed by atoms with Crippen molar-refractivity contribution in [3.63, 3.8) is 0 Å². The third-order valence-electron chi connectivity index (χ3n) is 5.69. The number of hydrogen-bond donors (Lipinski definition) is 0. The Morgan fingerprint density at radius 1 is 1.00 bits per heavy atom. The Bertz CT molecular complexity index is 1020. The van der Waals surface area contributed by atoms with Gasteiger partial charge in [-0.15, -0.1) is 10.2 Å². The number of aromatic nitrogens is 3. The van der Waals surface area contributed by atoms with E-state index in [-0.39, 0.29) is 5.91 Å². The zero-order valence-electron chi connectivity index (χ0n) is 18.3. The van der Waals surface area contributed by atoms with Gasteiger partial charge in [0.15, 0.2) is 11.0 Å². The van der Waals surface area contributed by atoms with E-state index in [2.05, 4.69) is 26.6 Å². The maximum atomic E-state index is 12.6. The van der Waals surface area contributed by atoms with Crippen LogP contribution in [0.1, 0.15) is 19.8 Å². The van der Waals surface area contributed by atoms with E-state index in [1.54, 1.807) is 11.8 Å². The molecule has 168 valence electrons. The number of benzene rings is 2. The van der Waals surface area contributed by atoms with Crippen LogP contribution in [-0.4, -0.2) is 68.9 Å². The number of carbonyl (C=O) groups is 1. The number of amides is 1. The van der Waals surface area contributed by atoms with Crippen molar-refractivity contribution in [2.45, 2.75) is 24.9 Å². The van der Waals surface area contributed by atoms with E-state index in [1.807, 2.05) is 59.5 Å². The van der Waals surface area contributed by atoms with Gasteiger partial charge >= 0.3 is 0 Å². The third kappa shape index (κ3) is 5.52. The van der Waals surface area contributed by atoms with Gasteiger partial charge in [-0.1, -0.05) is 48.5 Å². The maximum absolute atomic E-state index is 12.6. The van der Waals surface area contributed by atoms with Gasteiger partial charge in [-0.25, -0.2) is 0 Å². The van der Waals surface area contributed by atoms with Crippen molar-refractivity contribution in [1.82, 2.24) is 24.6 Å². The summed E-state index contributed by atoms with van der Waals surface area (Å²) in [5.41, 5.74) is 1.97. The Kier molecular flexibility index (Phi) is 7.84. The third-order valence-corrected chi connectivity index (χ3v) is 6.96. The Labute approximate surface area is 198 Å². The van der Waals surface area contributed by atoms with Crippen molar-refractivity contribution in [2.24, 2.45) is 0 Å². The largest absolute Gasteiger partial charge is 0.340 e. The molecule has 0 atom stereocenters. The number of para-hydroxylation sites is 1. The standard InChI is InChI=1S/C24H28ClN5OS/c1-2-28-14-16-29(17-15-28)22(31)9-6-18-32-24-27-26-23(19-10-12-20(25)13-11-19)30(24)21-7-4-3-5-8-21/h3-5,7-8,10-13H,2,6,9,14-18H2,1H3. The van der Waals surface area contributed by atoms with Crippen LogP contribution in [0.25, 0.3) is 17.1 Å². The van der Waals surface area contributed by atoms with Gasteiger partial charge in [0.2, 0.25) is 5.91 Å².